The molecule has 1 aliphatic rings. The van der Waals surface area contributed by atoms with Gasteiger partial charge in [-0.1, -0.05) is 25.1 Å². The first-order chi connectivity index (χ1) is 18.7. The van der Waals surface area contributed by atoms with E-state index >= 15 is 0 Å². The second-order valence-electron chi connectivity index (χ2n) is 9.15. The van der Waals surface area contributed by atoms with Gasteiger partial charge in [0.15, 0.2) is 11.5 Å². The maximum atomic E-state index is 14.6. The standard InChI is InChI=1S/C28H34FIN2O7/c1-3-6-25(35)32(15-18-7-4-5-8-20(18)29)22-13-19(28(37)31-9-10-33)14-23(26(22)36)39-27-21(30)11-17(16-34)12-24(27)38-2/h4-5,7-8,11-12,14,22-23,26,33-34,36H,3,6,9-10,13,15-16H2,1-2H3,(H,31,37). The SMILES string of the molecule is CCCC(=O)N(Cc1ccccc1F)C1CC(C(=O)NCCO)=CC(Oc2c(I)cc(CO)cc2OC)C1O. The molecule has 0 heterocycles. The highest BCUT2D eigenvalue weighted by molar-refractivity contribution is 14.1. The smallest absolute Gasteiger partial charge is 0.247 e. The molecule has 0 radical (unpaired) electrons. The van der Waals surface area contributed by atoms with Gasteiger partial charge in [-0.2, -0.15) is 0 Å². The number of hydrogen-bond donors (Lipinski definition) is 4. The highest BCUT2D eigenvalue weighted by atomic mass is 127. The van der Waals surface area contributed by atoms with Gasteiger partial charge in [0.05, 0.1) is 29.9 Å². The van der Waals surface area contributed by atoms with Crippen molar-refractivity contribution in [1.29, 1.82) is 0 Å². The second kappa shape index (κ2) is 14.6. The molecule has 0 spiro atoms. The summed E-state index contributed by atoms with van der Waals surface area (Å²) in [6, 6.07) is 8.51. The molecule has 0 saturated heterocycles. The maximum absolute atomic E-state index is 14.6. The Kier molecular flexibility index (Phi) is 11.5. The van der Waals surface area contributed by atoms with E-state index in [4.69, 9.17) is 9.47 Å². The monoisotopic (exact) mass is 656 g/mol. The van der Waals surface area contributed by atoms with Crippen LogP contribution in [0.3, 0.4) is 0 Å². The number of nitrogens with one attached hydrogen (secondary N) is 1. The van der Waals surface area contributed by atoms with Crippen molar-refractivity contribution in [3.63, 3.8) is 0 Å². The van der Waals surface area contributed by atoms with Gasteiger partial charge in [-0.15, -0.1) is 0 Å². The van der Waals surface area contributed by atoms with E-state index < -0.39 is 30.0 Å². The minimum Gasteiger partial charge on any atom is -0.493 e. The summed E-state index contributed by atoms with van der Waals surface area (Å²) in [6.45, 7) is 1.31. The van der Waals surface area contributed by atoms with Gasteiger partial charge in [0.25, 0.3) is 0 Å². The number of benzene rings is 2. The third kappa shape index (κ3) is 7.68. The third-order valence-electron chi connectivity index (χ3n) is 6.42. The van der Waals surface area contributed by atoms with E-state index in [-0.39, 0.29) is 56.2 Å². The Morgan fingerprint density at radius 3 is 2.62 bits per heavy atom. The van der Waals surface area contributed by atoms with Gasteiger partial charge in [0, 0.05) is 37.1 Å². The molecule has 4 N–H and O–H groups in total. The molecule has 0 saturated carbocycles. The minimum absolute atomic E-state index is 0.000126. The molecule has 2 amide bonds. The molecule has 0 aromatic heterocycles. The van der Waals surface area contributed by atoms with Crippen molar-refractivity contribution in [2.45, 2.75) is 57.6 Å². The van der Waals surface area contributed by atoms with Crippen LogP contribution in [0.25, 0.3) is 0 Å². The molecular formula is C28H34FIN2O7. The van der Waals surface area contributed by atoms with E-state index in [9.17, 15) is 29.3 Å². The largest absolute Gasteiger partial charge is 0.493 e. The number of ether oxygens (including phenoxy) is 2. The summed E-state index contributed by atoms with van der Waals surface area (Å²) in [5.74, 6) is -0.623. The number of amides is 2. The number of rotatable bonds is 12. The average molecular weight is 656 g/mol. The molecule has 9 nitrogen and oxygen atoms in total. The summed E-state index contributed by atoms with van der Waals surface area (Å²) in [5, 5.41) is 32.9. The Morgan fingerprint density at radius 1 is 1.23 bits per heavy atom. The highest BCUT2D eigenvalue weighted by Gasteiger charge is 2.41. The summed E-state index contributed by atoms with van der Waals surface area (Å²) in [7, 11) is 1.45. The van der Waals surface area contributed by atoms with Crippen molar-refractivity contribution in [2.24, 2.45) is 0 Å². The molecular weight excluding hydrogens is 622 g/mol. The van der Waals surface area contributed by atoms with Crippen molar-refractivity contribution in [3.05, 3.63) is 68.6 Å². The molecule has 2 aromatic carbocycles. The summed E-state index contributed by atoms with van der Waals surface area (Å²) < 4.78 is 26.9. The number of aliphatic hydroxyl groups excluding tert-OH is 3. The first-order valence-corrected chi connectivity index (χ1v) is 13.8. The predicted octanol–water partition coefficient (Wildman–Crippen LogP) is 2.68. The van der Waals surface area contributed by atoms with Crippen LogP contribution < -0.4 is 14.8 Å². The van der Waals surface area contributed by atoms with Crippen LogP contribution in [0.1, 0.15) is 37.3 Å². The van der Waals surface area contributed by atoms with Gasteiger partial charge in [-0.25, -0.2) is 4.39 Å². The van der Waals surface area contributed by atoms with Crippen LogP contribution in [0.15, 0.2) is 48.0 Å². The van der Waals surface area contributed by atoms with E-state index in [1.54, 1.807) is 30.3 Å². The van der Waals surface area contributed by atoms with Crippen LogP contribution in [0.5, 0.6) is 11.5 Å². The Morgan fingerprint density at radius 2 is 1.97 bits per heavy atom. The van der Waals surface area contributed by atoms with Gasteiger partial charge in [-0.3, -0.25) is 9.59 Å². The van der Waals surface area contributed by atoms with E-state index in [0.29, 0.717) is 27.1 Å². The number of aliphatic hydroxyl groups is 3. The molecule has 3 atom stereocenters. The zero-order chi connectivity index (χ0) is 28.5. The van der Waals surface area contributed by atoms with E-state index in [2.05, 4.69) is 5.32 Å². The van der Waals surface area contributed by atoms with E-state index in [1.165, 1.54) is 24.2 Å². The van der Waals surface area contributed by atoms with Crippen molar-refractivity contribution in [1.82, 2.24) is 10.2 Å². The zero-order valence-corrected chi connectivity index (χ0v) is 24.1. The quantitative estimate of drug-likeness (QED) is 0.259. The molecule has 11 heteroatoms. The predicted molar refractivity (Wildman–Crippen MR) is 150 cm³/mol. The van der Waals surface area contributed by atoms with Crippen molar-refractivity contribution >= 4 is 34.4 Å². The summed E-state index contributed by atoms with van der Waals surface area (Å²) >= 11 is 2.03. The number of halogens is 2. The lowest BCUT2D eigenvalue weighted by molar-refractivity contribution is -0.139. The fourth-order valence-electron chi connectivity index (χ4n) is 4.45. The van der Waals surface area contributed by atoms with Crippen molar-refractivity contribution < 1.29 is 38.8 Å². The topological polar surface area (TPSA) is 129 Å². The number of carbonyl (C=O) groups is 2. The van der Waals surface area contributed by atoms with Gasteiger partial charge in [-0.05, 0) is 58.9 Å². The minimum atomic E-state index is -1.27. The molecule has 39 heavy (non-hydrogen) atoms. The fraction of sp³-hybridized carbons (Fsp3) is 0.429. The van der Waals surface area contributed by atoms with Gasteiger partial charge < -0.3 is 35.0 Å². The molecule has 1 aliphatic carbocycles. The molecule has 2 aromatic rings. The van der Waals surface area contributed by atoms with Gasteiger partial charge >= 0.3 is 0 Å². The Hall–Kier alpha value is -2.74. The Bertz CT molecular complexity index is 1190. The lowest BCUT2D eigenvalue weighted by Crippen LogP contribution is -2.54. The maximum Gasteiger partial charge on any atom is 0.247 e. The summed E-state index contributed by atoms with van der Waals surface area (Å²) in [4.78, 5) is 27.7. The second-order valence-corrected chi connectivity index (χ2v) is 10.3. The van der Waals surface area contributed by atoms with Crippen LogP contribution in [-0.4, -0.2) is 70.5 Å². The zero-order valence-electron chi connectivity index (χ0n) is 21.9. The number of carbonyl (C=O) groups excluding carboxylic acids is 2. The normalized spacial score (nSPS) is 18.7. The van der Waals surface area contributed by atoms with E-state index in [0.717, 1.165) is 0 Å². The van der Waals surface area contributed by atoms with Gasteiger partial charge in [0.1, 0.15) is 18.0 Å². The van der Waals surface area contributed by atoms with Crippen LogP contribution in [-0.2, 0) is 22.7 Å². The molecule has 0 bridgehead atoms. The first-order valence-electron chi connectivity index (χ1n) is 12.7. The van der Waals surface area contributed by atoms with Crippen LogP contribution in [0, 0.1) is 9.39 Å². The van der Waals surface area contributed by atoms with Crippen molar-refractivity contribution in [2.75, 3.05) is 20.3 Å². The Balaban J connectivity index is 2.04. The molecule has 0 aliphatic heterocycles. The van der Waals surface area contributed by atoms with Crippen molar-refractivity contribution in [3.8, 4) is 11.5 Å². The third-order valence-corrected chi connectivity index (χ3v) is 7.22. The number of nitrogens with zero attached hydrogens (tertiary/aromatic N) is 1. The summed E-state index contributed by atoms with van der Waals surface area (Å²) in [6.07, 6.45) is -0.132. The molecule has 212 valence electrons. The molecule has 3 rings (SSSR count). The molecule has 3 unspecified atom stereocenters. The number of methoxy groups -OCH3 is 1. The van der Waals surface area contributed by atoms with Crippen LogP contribution in [0.2, 0.25) is 0 Å². The highest BCUT2D eigenvalue weighted by Crippen LogP contribution is 2.37. The molecule has 0 fully saturated rings. The lowest BCUT2D eigenvalue weighted by Gasteiger charge is -2.40. The number of hydrogen-bond acceptors (Lipinski definition) is 7. The van der Waals surface area contributed by atoms with E-state index in [1.807, 2.05) is 29.5 Å². The first kappa shape index (κ1) is 30.8. The van der Waals surface area contributed by atoms with Crippen LogP contribution >= 0.6 is 22.6 Å². The van der Waals surface area contributed by atoms with Crippen LogP contribution in [0.4, 0.5) is 4.39 Å². The summed E-state index contributed by atoms with van der Waals surface area (Å²) in [5.41, 5.74) is 1.14. The Labute approximate surface area is 240 Å². The fourth-order valence-corrected chi connectivity index (χ4v) is 5.25. The van der Waals surface area contributed by atoms with Gasteiger partial charge in [0.2, 0.25) is 11.8 Å². The lowest BCUT2D eigenvalue weighted by atomic mass is 9.87. The average Bonchev–Trinajstić information content (AvgIpc) is 2.93.